The van der Waals surface area contributed by atoms with Gasteiger partial charge in [0.2, 0.25) is 11.8 Å². The van der Waals surface area contributed by atoms with Gasteiger partial charge in [0, 0.05) is 55.4 Å². The lowest BCUT2D eigenvalue weighted by Gasteiger charge is -2.32. The minimum absolute atomic E-state index is 0. The SMILES string of the molecule is CNC(=O)CCN1CCN(c2cc(C)n(Cc3cc(Cl)ccc3OCC(C)C)n2)C(=O)C1.Cl. The Morgan fingerprint density at radius 1 is 1.27 bits per heavy atom. The number of piperazine rings is 1. The summed E-state index contributed by atoms with van der Waals surface area (Å²) in [6, 6.07) is 7.54. The summed E-state index contributed by atoms with van der Waals surface area (Å²) in [6.07, 6.45) is 0.387. The normalized spacial score (nSPS) is 14.4. The lowest BCUT2D eigenvalue weighted by molar-refractivity contribution is -0.124. The number of halogens is 2. The van der Waals surface area contributed by atoms with Gasteiger partial charge < -0.3 is 10.1 Å². The first-order valence-corrected chi connectivity index (χ1v) is 11.3. The standard InChI is InChI=1S/C23H32ClN5O3.ClH/c1-16(2)15-32-20-6-5-19(24)12-18(20)13-29-17(3)11-21(26-29)28-10-9-27(14-23(28)31)8-7-22(30)25-4;/h5-6,11-12,16H,7-10,13-15H2,1-4H3,(H,25,30);1H. The summed E-state index contributed by atoms with van der Waals surface area (Å²) < 4.78 is 7.84. The Morgan fingerprint density at radius 3 is 2.70 bits per heavy atom. The maximum Gasteiger partial charge on any atom is 0.242 e. The van der Waals surface area contributed by atoms with Crippen molar-refractivity contribution >= 4 is 41.6 Å². The number of carbonyl (C=O) groups is 2. The first-order chi connectivity index (χ1) is 15.3. The number of amides is 2. The monoisotopic (exact) mass is 497 g/mol. The Hall–Kier alpha value is -2.29. The van der Waals surface area contributed by atoms with Gasteiger partial charge in [0.15, 0.2) is 5.82 Å². The van der Waals surface area contributed by atoms with Crippen LogP contribution in [0.5, 0.6) is 5.75 Å². The van der Waals surface area contributed by atoms with Crippen molar-refractivity contribution < 1.29 is 14.3 Å². The van der Waals surface area contributed by atoms with Crippen LogP contribution in [-0.2, 0) is 16.1 Å². The Morgan fingerprint density at radius 2 is 2.03 bits per heavy atom. The molecule has 2 aromatic rings. The summed E-state index contributed by atoms with van der Waals surface area (Å²) in [6.45, 7) is 9.41. The highest BCUT2D eigenvalue weighted by atomic mass is 35.5. The minimum Gasteiger partial charge on any atom is -0.493 e. The molecular weight excluding hydrogens is 465 g/mol. The van der Waals surface area contributed by atoms with Crippen LogP contribution in [0.15, 0.2) is 24.3 Å². The van der Waals surface area contributed by atoms with E-state index in [4.69, 9.17) is 21.4 Å². The molecule has 0 unspecified atom stereocenters. The van der Waals surface area contributed by atoms with Gasteiger partial charge in [-0.15, -0.1) is 12.4 Å². The molecule has 0 saturated carbocycles. The molecule has 1 N–H and O–H groups in total. The van der Waals surface area contributed by atoms with E-state index < -0.39 is 0 Å². The molecule has 33 heavy (non-hydrogen) atoms. The predicted molar refractivity (Wildman–Crippen MR) is 133 cm³/mol. The number of aryl methyl sites for hydroxylation is 1. The molecule has 1 aromatic heterocycles. The zero-order chi connectivity index (χ0) is 23.3. The summed E-state index contributed by atoms with van der Waals surface area (Å²) in [4.78, 5) is 27.9. The second-order valence-corrected chi connectivity index (χ2v) is 8.94. The molecule has 2 heterocycles. The summed E-state index contributed by atoms with van der Waals surface area (Å²) in [5.74, 6) is 1.82. The van der Waals surface area contributed by atoms with Crippen LogP contribution in [0.3, 0.4) is 0 Å². The molecule has 1 aliphatic heterocycles. The summed E-state index contributed by atoms with van der Waals surface area (Å²) >= 11 is 6.23. The van der Waals surface area contributed by atoms with Gasteiger partial charge >= 0.3 is 0 Å². The predicted octanol–water partition coefficient (Wildman–Crippen LogP) is 3.13. The Balaban J connectivity index is 0.00000385. The number of anilines is 1. The third-order valence-corrected chi connectivity index (χ3v) is 5.63. The average Bonchev–Trinajstić information content (AvgIpc) is 3.11. The molecule has 0 radical (unpaired) electrons. The third-order valence-electron chi connectivity index (χ3n) is 5.39. The van der Waals surface area contributed by atoms with Crippen LogP contribution in [0.25, 0.3) is 0 Å². The molecular formula is C23H33Cl2N5O3. The molecule has 1 fully saturated rings. The topological polar surface area (TPSA) is 79.7 Å². The van der Waals surface area contributed by atoms with Crippen LogP contribution in [0.4, 0.5) is 5.82 Å². The van der Waals surface area contributed by atoms with Crippen molar-refractivity contribution in [1.29, 1.82) is 0 Å². The molecule has 0 bridgehead atoms. The van der Waals surface area contributed by atoms with E-state index in [1.165, 1.54) is 0 Å². The zero-order valence-electron chi connectivity index (χ0n) is 19.6. The van der Waals surface area contributed by atoms with E-state index in [0.717, 1.165) is 17.0 Å². The van der Waals surface area contributed by atoms with Crippen molar-refractivity contribution in [2.45, 2.75) is 33.7 Å². The van der Waals surface area contributed by atoms with E-state index in [2.05, 4.69) is 19.2 Å². The van der Waals surface area contributed by atoms with E-state index in [1.807, 2.05) is 40.8 Å². The van der Waals surface area contributed by atoms with Crippen molar-refractivity contribution in [1.82, 2.24) is 20.0 Å². The largest absolute Gasteiger partial charge is 0.493 e. The molecule has 8 nitrogen and oxygen atoms in total. The number of nitrogens with zero attached hydrogens (tertiary/aromatic N) is 4. The van der Waals surface area contributed by atoms with Crippen molar-refractivity contribution in [2.24, 2.45) is 5.92 Å². The summed E-state index contributed by atoms with van der Waals surface area (Å²) in [7, 11) is 1.62. The lowest BCUT2D eigenvalue weighted by atomic mass is 10.2. The average molecular weight is 498 g/mol. The molecule has 2 amide bonds. The van der Waals surface area contributed by atoms with Crippen molar-refractivity contribution in [3.63, 3.8) is 0 Å². The van der Waals surface area contributed by atoms with Gasteiger partial charge in [0.1, 0.15) is 5.75 Å². The van der Waals surface area contributed by atoms with Crippen molar-refractivity contribution in [3.8, 4) is 5.75 Å². The quantitative estimate of drug-likeness (QED) is 0.575. The number of aromatic nitrogens is 2. The molecule has 0 atom stereocenters. The highest BCUT2D eigenvalue weighted by Crippen LogP contribution is 2.26. The Labute approximate surface area is 206 Å². The molecule has 0 aliphatic carbocycles. The minimum atomic E-state index is -0.0213. The number of nitrogens with one attached hydrogen (secondary N) is 1. The van der Waals surface area contributed by atoms with Crippen LogP contribution < -0.4 is 15.0 Å². The van der Waals surface area contributed by atoms with E-state index in [-0.39, 0.29) is 30.8 Å². The highest BCUT2D eigenvalue weighted by molar-refractivity contribution is 6.30. The van der Waals surface area contributed by atoms with Gasteiger partial charge in [-0.25, -0.2) is 0 Å². The highest BCUT2D eigenvalue weighted by Gasteiger charge is 2.27. The molecule has 0 spiro atoms. The molecule has 1 saturated heterocycles. The fraction of sp³-hybridized carbons (Fsp3) is 0.522. The number of carbonyl (C=O) groups excluding carboxylic acids is 2. The zero-order valence-corrected chi connectivity index (χ0v) is 21.2. The number of benzene rings is 1. The van der Waals surface area contributed by atoms with Gasteiger partial charge in [0.25, 0.3) is 0 Å². The van der Waals surface area contributed by atoms with Gasteiger partial charge in [-0.1, -0.05) is 25.4 Å². The Kier molecular flexibility index (Phi) is 10.0. The number of rotatable bonds is 9. The third kappa shape index (κ3) is 7.35. The number of ether oxygens (including phenoxy) is 1. The molecule has 182 valence electrons. The van der Waals surface area contributed by atoms with Crippen LogP contribution in [0.1, 0.15) is 31.5 Å². The first kappa shape index (κ1) is 27.0. The van der Waals surface area contributed by atoms with Crippen LogP contribution in [-0.4, -0.2) is 66.3 Å². The maximum atomic E-state index is 12.7. The lowest BCUT2D eigenvalue weighted by Crippen LogP contribution is -2.51. The Bertz CT molecular complexity index is 964. The van der Waals surface area contributed by atoms with E-state index in [9.17, 15) is 9.59 Å². The molecule has 1 aromatic carbocycles. The fourth-order valence-electron chi connectivity index (χ4n) is 3.55. The van der Waals surface area contributed by atoms with Gasteiger partial charge in [0.05, 0.1) is 19.7 Å². The van der Waals surface area contributed by atoms with Gasteiger partial charge in [-0.2, -0.15) is 5.10 Å². The number of hydrogen-bond donors (Lipinski definition) is 1. The first-order valence-electron chi connectivity index (χ1n) is 11.0. The van der Waals surface area contributed by atoms with E-state index >= 15 is 0 Å². The molecule has 1 aliphatic rings. The fourth-order valence-corrected chi connectivity index (χ4v) is 3.75. The second kappa shape index (κ2) is 12.3. The smallest absolute Gasteiger partial charge is 0.242 e. The molecule has 10 heteroatoms. The second-order valence-electron chi connectivity index (χ2n) is 8.50. The van der Waals surface area contributed by atoms with Crippen LogP contribution in [0.2, 0.25) is 5.02 Å². The van der Waals surface area contributed by atoms with E-state index in [1.54, 1.807) is 11.9 Å². The van der Waals surface area contributed by atoms with Gasteiger partial charge in [-0.05, 0) is 31.0 Å². The summed E-state index contributed by atoms with van der Waals surface area (Å²) in [5.41, 5.74) is 1.89. The van der Waals surface area contributed by atoms with Crippen molar-refractivity contribution in [3.05, 3.63) is 40.5 Å². The maximum absolute atomic E-state index is 12.7. The molecule has 3 rings (SSSR count). The summed E-state index contributed by atoms with van der Waals surface area (Å²) in [5, 5.41) is 7.95. The van der Waals surface area contributed by atoms with E-state index in [0.29, 0.717) is 56.0 Å². The van der Waals surface area contributed by atoms with Crippen LogP contribution in [0, 0.1) is 12.8 Å². The number of hydrogen-bond acceptors (Lipinski definition) is 5. The van der Waals surface area contributed by atoms with Crippen LogP contribution >= 0.6 is 24.0 Å². The van der Waals surface area contributed by atoms with Crippen molar-refractivity contribution in [2.75, 3.05) is 44.7 Å². The van der Waals surface area contributed by atoms with Gasteiger partial charge in [-0.3, -0.25) is 24.1 Å².